The van der Waals surface area contributed by atoms with E-state index in [1.54, 1.807) is 14.0 Å². The SMILES string of the molecule is CC/C=C\c1c(/C(C(=O)NC)=C(\C)C=O)cn(CCCC)c1CC. The number of carbonyl (C=O) groups is 2. The van der Waals surface area contributed by atoms with Crippen molar-refractivity contribution in [1.29, 1.82) is 0 Å². The van der Waals surface area contributed by atoms with Gasteiger partial charge in [-0.1, -0.05) is 39.3 Å². The number of likely N-dealkylation sites (N-methyl/N-ethyl adjacent to an activating group) is 1. The lowest BCUT2D eigenvalue weighted by Crippen LogP contribution is -2.20. The van der Waals surface area contributed by atoms with Crippen molar-refractivity contribution in [3.05, 3.63) is 34.7 Å². The molecule has 0 saturated heterocycles. The van der Waals surface area contributed by atoms with E-state index in [0.717, 1.165) is 49.6 Å². The third-order valence-electron chi connectivity index (χ3n) is 4.13. The summed E-state index contributed by atoms with van der Waals surface area (Å²) in [6.07, 6.45) is 11.0. The molecule has 0 bridgehead atoms. The largest absolute Gasteiger partial charge is 0.355 e. The summed E-state index contributed by atoms with van der Waals surface area (Å²) in [6, 6.07) is 0. The van der Waals surface area contributed by atoms with E-state index >= 15 is 0 Å². The zero-order valence-corrected chi connectivity index (χ0v) is 15.6. The lowest BCUT2D eigenvalue weighted by Gasteiger charge is -2.09. The minimum absolute atomic E-state index is 0.221. The number of carbonyl (C=O) groups excluding carboxylic acids is 2. The van der Waals surface area contributed by atoms with Crippen LogP contribution in [0.1, 0.15) is 63.8 Å². The minimum Gasteiger partial charge on any atom is -0.355 e. The smallest absolute Gasteiger partial charge is 0.252 e. The summed E-state index contributed by atoms with van der Waals surface area (Å²) in [7, 11) is 1.59. The highest BCUT2D eigenvalue weighted by atomic mass is 16.1. The maximum atomic E-state index is 12.4. The van der Waals surface area contributed by atoms with E-state index in [4.69, 9.17) is 0 Å². The molecule has 0 saturated carbocycles. The molecule has 132 valence electrons. The van der Waals surface area contributed by atoms with Gasteiger partial charge in [0.15, 0.2) is 0 Å². The molecule has 4 heteroatoms. The van der Waals surface area contributed by atoms with Crippen molar-refractivity contribution in [2.75, 3.05) is 7.05 Å². The number of hydrogen-bond acceptors (Lipinski definition) is 2. The van der Waals surface area contributed by atoms with Crippen molar-refractivity contribution in [2.24, 2.45) is 0 Å². The second-order valence-electron chi connectivity index (χ2n) is 5.87. The molecule has 0 radical (unpaired) electrons. The molecule has 0 aliphatic rings. The van der Waals surface area contributed by atoms with Crippen LogP contribution < -0.4 is 5.32 Å². The Morgan fingerprint density at radius 3 is 2.50 bits per heavy atom. The first-order chi connectivity index (χ1) is 11.5. The highest BCUT2D eigenvalue weighted by molar-refractivity contribution is 6.24. The molecule has 0 aromatic carbocycles. The van der Waals surface area contributed by atoms with E-state index in [9.17, 15) is 9.59 Å². The van der Waals surface area contributed by atoms with Gasteiger partial charge in [0.25, 0.3) is 5.91 Å². The number of aryl methyl sites for hydroxylation is 1. The summed E-state index contributed by atoms with van der Waals surface area (Å²) in [5, 5.41) is 2.66. The van der Waals surface area contributed by atoms with Crippen LogP contribution in [0.2, 0.25) is 0 Å². The zero-order chi connectivity index (χ0) is 18.1. The maximum Gasteiger partial charge on any atom is 0.252 e. The lowest BCUT2D eigenvalue weighted by atomic mass is 9.97. The Labute approximate surface area is 145 Å². The van der Waals surface area contributed by atoms with Crippen molar-refractivity contribution >= 4 is 23.8 Å². The number of nitrogens with one attached hydrogen (secondary N) is 1. The number of unbranched alkanes of at least 4 members (excludes halogenated alkanes) is 1. The average molecular weight is 330 g/mol. The maximum absolute atomic E-state index is 12.4. The first kappa shape index (κ1) is 19.9. The summed E-state index contributed by atoms with van der Waals surface area (Å²) < 4.78 is 2.23. The normalized spacial score (nSPS) is 12.4. The van der Waals surface area contributed by atoms with Gasteiger partial charge in [0.1, 0.15) is 6.29 Å². The third kappa shape index (κ3) is 4.47. The molecule has 1 aromatic heterocycles. The Morgan fingerprint density at radius 2 is 2.00 bits per heavy atom. The Morgan fingerprint density at radius 1 is 1.29 bits per heavy atom. The van der Waals surface area contributed by atoms with Crippen molar-refractivity contribution in [1.82, 2.24) is 9.88 Å². The van der Waals surface area contributed by atoms with Crippen LogP contribution in [0.25, 0.3) is 11.6 Å². The summed E-state index contributed by atoms with van der Waals surface area (Å²) in [5.41, 5.74) is 4.03. The van der Waals surface area contributed by atoms with Gasteiger partial charge in [-0.05, 0) is 26.2 Å². The van der Waals surface area contributed by atoms with Gasteiger partial charge in [0.05, 0.1) is 5.57 Å². The van der Waals surface area contributed by atoms with Crippen LogP contribution in [0.4, 0.5) is 0 Å². The third-order valence-corrected chi connectivity index (χ3v) is 4.13. The van der Waals surface area contributed by atoms with Gasteiger partial charge in [-0.25, -0.2) is 0 Å². The van der Waals surface area contributed by atoms with Crippen LogP contribution in [0.5, 0.6) is 0 Å². The van der Waals surface area contributed by atoms with E-state index in [-0.39, 0.29) is 5.91 Å². The van der Waals surface area contributed by atoms with Gasteiger partial charge in [0, 0.05) is 42.2 Å². The molecular weight excluding hydrogens is 300 g/mol. The van der Waals surface area contributed by atoms with Gasteiger partial charge < -0.3 is 9.88 Å². The van der Waals surface area contributed by atoms with Crippen LogP contribution in [-0.2, 0) is 22.6 Å². The Hall–Kier alpha value is -2.10. The summed E-state index contributed by atoms with van der Waals surface area (Å²) >= 11 is 0. The van der Waals surface area contributed by atoms with Gasteiger partial charge in [-0.15, -0.1) is 0 Å². The monoisotopic (exact) mass is 330 g/mol. The molecule has 1 aromatic rings. The van der Waals surface area contributed by atoms with E-state index < -0.39 is 0 Å². The standard InChI is InChI=1S/C20H30N2O2/c1-6-9-11-16-17(19(15(4)14-23)20(24)21-5)13-22(12-10-7-2)18(16)8-3/h9,11,13-14H,6-8,10,12H2,1-5H3,(H,21,24)/b11-9-,19-15-. The van der Waals surface area contributed by atoms with Crippen molar-refractivity contribution in [3.63, 3.8) is 0 Å². The molecule has 0 atom stereocenters. The van der Waals surface area contributed by atoms with Gasteiger partial charge in [0.2, 0.25) is 0 Å². The van der Waals surface area contributed by atoms with E-state index in [1.165, 1.54) is 5.69 Å². The predicted octanol–water partition coefficient (Wildman–Crippen LogP) is 3.99. The van der Waals surface area contributed by atoms with Crippen molar-refractivity contribution in [3.8, 4) is 0 Å². The first-order valence-corrected chi connectivity index (χ1v) is 8.82. The number of allylic oxidation sites excluding steroid dienone is 2. The number of rotatable bonds is 9. The average Bonchev–Trinajstić information content (AvgIpc) is 2.94. The molecular formula is C20H30N2O2. The number of hydrogen-bond donors (Lipinski definition) is 1. The molecule has 4 nitrogen and oxygen atoms in total. The van der Waals surface area contributed by atoms with E-state index in [1.807, 2.05) is 6.20 Å². The molecule has 1 rings (SSSR count). The molecule has 1 amide bonds. The van der Waals surface area contributed by atoms with Crippen molar-refractivity contribution in [2.45, 2.75) is 59.9 Å². The van der Waals surface area contributed by atoms with Crippen LogP contribution >= 0.6 is 0 Å². The number of amides is 1. The van der Waals surface area contributed by atoms with E-state index in [0.29, 0.717) is 11.1 Å². The summed E-state index contributed by atoms with van der Waals surface area (Å²) in [4.78, 5) is 23.7. The fourth-order valence-corrected chi connectivity index (χ4v) is 2.85. The number of aromatic nitrogens is 1. The van der Waals surface area contributed by atoms with Gasteiger partial charge >= 0.3 is 0 Å². The molecule has 1 N–H and O–H groups in total. The Balaban J connectivity index is 3.64. The summed E-state index contributed by atoms with van der Waals surface area (Å²) in [5.74, 6) is -0.221. The Bertz CT molecular complexity index is 636. The van der Waals surface area contributed by atoms with Crippen LogP contribution in [0, 0.1) is 0 Å². The molecule has 0 fully saturated rings. The second-order valence-corrected chi connectivity index (χ2v) is 5.87. The molecule has 0 aliphatic carbocycles. The van der Waals surface area contributed by atoms with E-state index in [2.05, 4.69) is 42.8 Å². The number of aldehydes is 1. The van der Waals surface area contributed by atoms with Crippen LogP contribution in [0.3, 0.4) is 0 Å². The van der Waals surface area contributed by atoms with Gasteiger partial charge in [-0.3, -0.25) is 9.59 Å². The lowest BCUT2D eigenvalue weighted by molar-refractivity contribution is -0.115. The first-order valence-electron chi connectivity index (χ1n) is 8.82. The minimum atomic E-state index is -0.221. The van der Waals surface area contributed by atoms with Crippen LogP contribution in [-0.4, -0.2) is 23.8 Å². The summed E-state index contributed by atoms with van der Waals surface area (Å²) in [6.45, 7) is 9.00. The predicted molar refractivity (Wildman–Crippen MR) is 101 cm³/mol. The highest BCUT2D eigenvalue weighted by Gasteiger charge is 2.21. The molecule has 0 spiro atoms. The quantitative estimate of drug-likeness (QED) is 0.550. The van der Waals surface area contributed by atoms with Gasteiger partial charge in [-0.2, -0.15) is 0 Å². The fraction of sp³-hybridized carbons (Fsp3) is 0.500. The zero-order valence-electron chi connectivity index (χ0n) is 15.6. The fourth-order valence-electron chi connectivity index (χ4n) is 2.85. The second kappa shape index (κ2) is 9.91. The van der Waals surface area contributed by atoms with Crippen molar-refractivity contribution < 1.29 is 9.59 Å². The molecule has 0 aliphatic heterocycles. The molecule has 0 unspecified atom stereocenters. The van der Waals surface area contributed by atoms with Crippen LogP contribution in [0.15, 0.2) is 17.8 Å². The number of nitrogens with zero attached hydrogens (tertiary/aromatic N) is 1. The molecule has 1 heterocycles. The highest BCUT2D eigenvalue weighted by Crippen LogP contribution is 2.29. The molecule has 24 heavy (non-hydrogen) atoms. The topological polar surface area (TPSA) is 51.1 Å². The Kier molecular flexibility index (Phi) is 8.24.